The van der Waals surface area contributed by atoms with Crippen LogP contribution in [0.4, 0.5) is 11.8 Å². The summed E-state index contributed by atoms with van der Waals surface area (Å²) in [7, 11) is 8.66. The van der Waals surface area contributed by atoms with Gasteiger partial charge in [-0.05, 0) is 0 Å². The fourth-order valence-electron chi connectivity index (χ4n) is 1.06. The number of carbonyl (C=O) groups excluding carboxylic acids is 1. The zero-order chi connectivity index (χ0) is 12.3. The molecule has 1 aromatic heterocycles. The lowest BCUT2D eigenvalue weighted by molar-refractivity contribution is 0.0594. The molecule has 1 rings (SSSR count). The number of hydrogen-bond donors (Lipinski definition) is 0. The van der Waals surface area contributed by atoms with Crippen LogP contribution in [0.15, 0.2) is 6.07 Å². The van der Waals surface area contributed by atoms with Crippen molar-refractivity contribution in [1.82, 2.24) is 9.97 Å². The monoisotopic (exact) mass is 224 g/mol. The Morgan fingerprint density at radius 2 is 1.81 bits per heavy atom. The Labute approximate surface area is 94.9 Å². The fraction of sp³-hybridized carbons (Fsp3) is 0.500. The van der Waals surface area contributed by atoms with Gasteiger partial charge in [0.2, 0.25) is 5.95 Å². The molecule has 0 aliphatic heterocycles. The SMILES string of the molecule is COC(=O)c1cc(N(C)C)nc(N(C)C)n1. The molecule has 0 saturated carbocycles. The van der Waals surface area contributed by atoms with Gasteiger partial charge in [-0.25, -0.2) is 9.78 Å². The molecule has 0 unspecified atom stereocenters. The number of ether oxygens (including phenoxy) is 1. The van der Waals surface area contributed by atoms with Gasteiger partial charge in [0.1, 0.15) is 5.82 Å². The van der Waals surface area contributed by atoms with E-state index in [9.17, 15) is 4.79 Å². The molecule has 6 nitrogen and oxygen atoms in total. The summed E-state index contributed by atoms with van der Waals surface area (Å²) in [4.78, 5) is 23.3. The second kappa shape index (κ2) is 4.78. The molecule has 0 aliphatic rings. The number of nitrogens with zero attached hydrogens (tertiary/aromatic N) is 4. The van der Waals surface area contributed by atoms with Gasteiger partial charge in [0.25, 0.3) is 0 Å². The van der Waals surface area contributed by atoms with E-state index in [1.165, 1.54) is 7.11 Å². The van der Waals surface area contributed by atoms with Crippen LogP contribution >= 0.6 is 0 Å². The van der Waals surface area contributed by atoms with Crippen LogP contribution in [0.25, 0.3) is 0 Å². The summed E-state index contributed by atoms with van der Waals surface area (Å²) in [5.74, 6) is 0.680. The van der Waals surface area contributed by atoms with Crippen LogP contribution in [0.2, 0.25) is 0 Å². The quantitative estimate of drug-likeness (QED) is 0.692. The second-order valence-corrected chi connectivity index (χ2v) is 3.69. The van der Waals surface area contributed by atoms with Crippen LogP contribution < -0.4 is 9.80 Å². The Morgan fingerprint density at radius 3 is 2.25 bits per heavy atom. The minimum Gasteiger partial charge on any atom is -0.464 e. The van der Waals surface area contributed by atoms with E-state index in [0.29, 0.717) is 11.8 Å². The molecule has 0 spiro atoms. The topological polar surface area (TPSA) is 58.6 Å². The molecule has 0 fully saturated rings. The van der Waals surface area contributed by atoms with Crippen molar-refractivity contribution in [3.05, 3.63) is 11.8 Å². The first-order valence-corrected chi connectivity index (χ1v) is 4.77. The van der Waals surface area contributed by atoms with Gasteiger partial charge in [0.15, 0.2) is 5.69 Å². The van der Waals surface area contributed by atoms with Crippen LogP contribution in [0.5, 0.6) is 0 Å². The van der Waals surface area contributed by atoms with E-state index in [2.05, 4.69) is 14.7 Å². The fourth-order valence-corrected chi connectivity index (χ4v) is 1.06. The van der Waals surface area contributed by atoms with Crippen LogP contribution in [-0.2, 0) is 4.74 Å². The highest BCUT2D eigenvalue weighted by atomic mass is 16.5. The van der Waals surface area contributed by atoms with E-state index < -0.39 is 5.97 Å². The highest BCUT2D eigenvalue weighted by molar-refractivity contribution is 5.88. The van der Waals surface area contributed by atoms with Crippen molar-refractivity contribution < 1.29 is 9.53 Å². The molecule has 1 aromatic rings. The molecular formula is C10H16N4O2. The van der Waals surface area contributed by atoms with Gasteiger partial charge in [-0.3, -0.25) is 0 Å². The van der Waals surface area contributed by atoms with E-state index >= 15 is 0 Å². The third-order valence-corrected chi connectivity index (χ3v) is 1.95. The maximum absolute atomic E-state index is 11.4. The number of rotatable bonds is 3. The number of hydrogen-bond acceptors (Lipinski definition) is 6. The summed E-state index contributed by atoms with van der Waals surface area (Å²) in [6.45, 7) is 0. The first-order chi connectivity index (χ1) is 7.45. The molecular weight excluding hydrogens is 208 g/mol. The molecule has 88 valence electrons. The maximum atomic E-state index is 11.4. The zero-order valence-electron chi connectivity index (χ0n) is 10.2. The summed E-state index contributed by atoms with van der Waals surface area (Å²) < 4.78 is 4.64. The van der Waals surface area contributed by atoms with Crippen LogP contribution in [0.3, 0.4) is 0 Å². The largest absolute Gasteiger partial charge is 0.464 e. The number of methoxy groups -OCH3 is 1. The zero-order valence-corrected chi connectivity index (χ0v) is 10.2. The van der Waals surface area contributed by atoms with Gasteiger partial charge >= 0.3 is 5.97 Å². The Bertz CT molecular complexity index is 364. The lowest BCUT2D eigenvalue weighted by Crippen LogP contribution is -2.19. The van der Waals surface area contributed by atoms with Crippen molar-refractivity contribution in [3.63, 3.8) is 0 Å². The molecule has 1 heterocycles. The molecule has 0 atom stereocenters. The first-order valence-electron chi connectivity index (χ1n) is 4.77. The highest BCUT2D eigenvalue weighted by Crippen LogP contribution is 2.14. The van der Waals surface area contributed by atoms with Gasteiger partial charge in [-0.1, -0.05) is 0 Å². The summed E-state index contributed by atoms with van der Waals surface area (Å²) in [5.41, 5.74) is 0.255. The predicted octanol–water partition coefficient (Wildman–Crippen LogP) is 0.395. The molecule has 0 bridgehead atoms. The molecule has 0 aromatic carbocycles. The number of carbonyl (C=O) groups is 1. The van der Waals surface area contributed by atoms with Gasteiger partial charge < -0.3 is 14.5 Å². The maximum Gasteiger partial charge on any atom is 0.356 e. The summed E-state index contributed by atoms with van der Waals surface area (Å²) >= 11 is 0. The number of esters is 1. The summed E-state index contributed by atoms with van der Waals surface area (Å²) in [6.07, 6.45) is 0. The smallest absolute Gasteiger partial charge is 0.356 e. The first kappa shape index (κ1) is 12.2. The minimum atomic E-state index is -0.464. The molecule has 0 amide bonds. The average Bonchev–Trinajstić information content (AvgIpc) is 2.27. The summed E-state index contributed by atoms with van der Waals surface area (Å²) in [5, 5.41) is 0. The van der Waals surface area contributed by atoms with Crippen molar-refractivity contribution >= 4 is 17.7 Å². The third-order valence-electron chi connectivity index (χ3n) is 1.95. The highest BCUT2D eigenvalue weighted by Gasteiger charge is 2.13. The van der Waals surface area contributed by atoms with Crippen LogP contribution in [0.1, 0.15) is 10.5 Å². The van der Waals surface area contributed by atoms with E-state index in [1.807, 2.05) is 28.2 Å². The van der Waals surface area contributed by atoms with Crippen molar-refractivity contribution in [1.29, 1.82) is 0 Å². The predicted molar refractivity (Wildman–Crippen MR) is 62.0 cm³/mol. The Morgan fingerprint density at radius 1 is 1.19 bits per heavy atom. The molecule has 0 saturated heterocycles. The Kier molecular flexibility index (Phi) is 3.65. The van der Waals surface area contributed by atoms with Crippen molar-refractivity contribution in [2.45, 2.75) is 0 Å². The van der Waals surface area contributed by atoms with Crippen molar-refractivity contribution in [3.8, 4) is 0 Å². The Hall–Kier alpha value is -1.85. The Balaban J connectivity index is 3.24. The molecule has 0 N–H and O–H groups in total. The van der Waals surface area contributed by atoms with E-state index in [1.54, 1.807) is 15.9 Å². The van der Waals surface area contributed by atoms with E-state index in [0.717, 1.165) is 0 Å². The van der Waals surface area contributed by atoms with Crippen LogP contribution in [-0.4, -0.2) is 51.2 Å². The lowest BCUT2D eigenvalue weighted by atomic mass is 10.4. The van der Waals surface area contributed by atoms with Crippen LogP contribution in [0, 0.1) is 0 Å². The minimum absolute atomic E-state index is 0.255. The number of anilines is 2. The van der Waals surface area contributed by atoms with Gasteiger partial charge in [-0.2, -0.15) is 4.98 Å². The van der Waals surface area contributed by atoms with Crippen molar-refractivity contribution in [2.75, 3.05) is 45.1 Å². The third kappa shape index (κ3) is 2.59. The molecule has 0 aliphatic carbocycles. The second-order valence-electron chi connectivity index (χ2n) is 3.69. The van der Waals surface area contributed by atoms with E-state index in [4.69, 9.17) is 0 Å². The van der Waals surface area contributed by atoms with Gasteiger partial charge in [-0.15, -0.1) is 0 Å². The average molecular weight is 224 g/mol. The van der Waals surface area contributed by atoms with E-state index in [-0.39, 0.29) is 5.69 Å². The standard InChI is InChI=1S/C10H16N4O2/c1-13(2)8-6-7(9(15)16-5)11-10(12-8)14(3)4/h6H,1-5H3. The van der Waals surface area contributed by atoms with Gasteiger partial charge in [0.05, 0.1) is 7.11 Å². The summed E-state index contributed by atoms with van der Waals surface area (Å²) in [6, 6.07) is 1.60. The number of aromatic nitrogens is 2. The van der Waals surface area contributed by atoms with Crippen molar-refractivity contribution in [2.24, 2.45) is 0 Å². The normalized spacial score (nSPS) is 9.81. The molecule has 0 radical (unpaired) electrons. The molecule has 6 heteroatoms. The lowest BCUT2D eigenvalue weighted by Gasteiger charge is -2.16. The van der Waals surface area contributed by atoms with Gasteiger partial charge in [0, 0.05) is 34.3 Å². The molecule has 16 heavy (non-hydrogen) atoms.